The maximum Gasteiger partial charge on any atom is 0.315 e. The van der Waals surface area contributed by atoms with E-state index >= 15 is 0 Å². The van der Waals surface area contributed by atoms with Crippen molar-refractivity contribution in [2.75, 3.05) is 43.9 Å². The second-order valence-corrected chi connectivity index (χ2v) is 12.7. The van der Waals surface area contributed by atoms with Crippen molar-refractivity contribution >= 4 is 44.7 Å². The fourth-order valence-corrected chi connectivity index (χ4v) is 6.89. The molecule has 0 saturated carbocycles. The lowest BCUT2D eigenvalue weighted by molar-refractivity contribution is -0.131. The van der Waals surface area contributed by atoms with E-state index in [4.69, 9.17) is 4.74 Å². The Bertz CT molecular complexity index is 1190. The molecule has 2 aromatic rings. The first kappa shape index (κ1) is 25.3. The van der Waals surface area contributed by atoms with E-state index in [9.17, 15) is 18.3 Å². The zero-order chi connectivity index (χ0) is 23.4. The number of benzene rings is 1. The van der Waals surface area contributed by atoms with Crippen LogP contribution in [0.15, 0.2) is 16.5 Å². The Labute approximate surface area is 209 Å². The molecule has 1 N–H and O–H groups in total. The summed E-state index contributed by atoms with van der Waals surface area (Å²) in [5.41, 5.74) is 2.88. The Morgan fingerprint density at radius 2 is 1.91 bits per heavy atom. The van der Waals surface area contributed by atoms with Crippen LogP contribution in [-0.4, -0.2) is 73.6 Å². The van der Waals surface area contributed by atoms with Gasteiger partial charge < -0.3 is 19.6 Å². The van der Waals surface area contributed by atoms with Crippen LogP contribution in [0.4, 0.5) is 5.13 Å². The molecule has 0 unspecified atom stereocenters. The van der Waals surface area contributed by atoms with Gasteiger partial charge in [0.2, 0.25) is 19.3 Å². The number of aliphatic hydroxyl groups excluding tert-OH is 1. The molecule has 34 heavy (non-hydrogen) atoms. The van der Waals surface area contributed by atoms with Crippen molar-refractivity contribution in [1.29, 1.82) is 0 Å². The number of esters is 1. The Morgan fingerprint density at radius 1 is 1.21 bits per heavy atom. The van der Waals surface area contributed by atoms with E-state index in [1.807, 2.05) is 13.0 Å². The zero-order valence-electron chi connectivity index (χ0n) is 19.2. The Morgan fingerprint density at radius 3 is 2.59 bits per heavy atom. The van der Waals surface area contributed by atoms with Crippen molar-refractivity contribution in [3.05, 3.63) is 28.8 Å². The van der Waals surface area contributed by atoms with Crippen molar-refractivity contribution < 1.29 is 23.1 Å². The van der Waals surface area contributed by atoms with Gasteiger partial charge >= 0.3 is 5.97 Å². The summed E-state index contributed by atoms with van der Waals surface area (Å²) in [4.78, 5) is 16.1. The average Bonchev–Trinajstić information content (AvgIpc) is 3.48. The summed E-state index contributed by atoms with van der Waals surface area (Å²) >= 11 is 1.14. The molecule has 1 atom stereocenters. The van der Waals surface area contributed by atoms with Crippen molar-refractivity contribution in [2.24, 2.45) is 5.41 Å². The maximum atomic E-state index is 11.7. The van der Waals surface area contributed by atoms with Crippen LogP contribution in [0.5, 0.6) is 5.75 Å². The molecule has 5 rings (SSSR count). The molecule has 9 nitrogen and oxygen atoms in total. The minimum atomic E-state index is -3.33. The van der Waals surface area contributed by atoms with E-state index in [-0.39, 0.29) is 34.6 Å². The summed E-state index contributed by atoms with van der Waals surface area (Å²) in [7, 11) is -3.33. The average molecular weight is 529 g/mol. The van der Waals surface area contributed by atoms with Gasteiger partial charge in [-0.2, -0.15) is 0 Å². The topological polar surface area (TPSA) is 113 Å². The van der Waals surface area contributed by atoms with Gasteiger partial charge in [0.25, 0.3) is 0 Å². The lowest BCUT2D eigenvalue weighted by atomic mass is 9.77. The van der Waals surface area contributed by atoms with Crippen molar-refractivity contribution in [2.45, 2.75) is 43.1 Å². The third-order valence-electron chi connectivity index (χ3n) is 7.27. The predicted octanol–water partition coefficient (Wildman–Crippen LogP) is 2.16. The van der Waals surface area contributed by atoms with Crippen LogP contribution >= 0.6 is 23.7 Å². The van der Waals surface area contributed by atoms with Crippen LogP contribution in [0.2, 0.25) is 0 Å². The van der Waals surface area contributed by atoms with Gasteiger partial charge in [0, 0.05) is 31.5 Å². The molecule has 1 spiro atoms. The molecule has 4 heterocycles. The van der Waals surface area contributed by atoms with Gasteiger partial charge in [-0.1, -0.05) is 17.4 Å². The number of fused-ring (bicyclic) bond motifs is 1. The van der Waals surface area contributed by atoms with Gasteiger partial charge in [0.05, 0.1) is 12.5 Å². The van der Waals surface area contributed by atoms with Gasteiger partial charge in [0.1, 0.15) is 5.75 Å². The highest BCUT2D eigenvalue weighted by atomic mass is 35.5. The number of anilines is 1. The van der Waals surface area contributed by atoms with E-state index < -0.39 is 15.9 Å². The molecule has 186 valence electrons. The molecular weight excluding hydrogens is 500 g/mol. The van der Waals surface area contributed by atoms with E-state index in [2.05, 4.69) is 20.0 Å². The highest BCUT2D eigenvalue weighted by molar-refractivity contribution is 7.92. The molecule has 1 aromatic heterocycles. The van der Waals surface area contributed by atoms with Crippen LogP contribution in [0, 0.1) is 12.3 Å². The Hall–Kier alpha value is -1.79. The number of ether oxygens (including phenoxy) is 1. The number of carbonyl (C=O) groups is 1. The number of β-amino-alcohol motifs (C(OH)–C–C–N with tert-alkyl or cyclic N) is 1. The Kier molecular flexibility index (Phi) is 6.96. The normalized spacial score (nSPS) is 20.8. The summed E-state index contributed by atoms with van der Waals surface area (Å²) in [6, 6.07) is 3.65. The molecule has 0 bridgehead atoms. The van der Waals surface area contributed by atoms with E-state index in [1.54, 1.807) is 6.07 Å². The smallest absolute Gasteiger partial charge is 0.315 e. The molecule has 12 heteroatoms. The van der Waals surface area contributed by atoms with Gasteiger partial charge in [-0.25, -0.2) is 8.42 Å². The van der Waals surface area contributed by atoms with Crippen LogP contribution in [0.3, 0.4) is 0 Å². The molecule has 0 radical (unpaired) electrons. The van der Waals surface area contributed by atoms with Crippen molar-refractivity contribution in [3.8, 4) is 5.75 Å². The first-order valence-corrected chi connectivity index (χ1v) is 13.9. The number of likely N-dealkylation sites (tertiary alicyclic amines) is 1. The summed E-state index contributed by atoms with van der Waals surface area (Å²) in [6.07, 6.45) is 3.92. The highest BCUT2D eigenvalue weighted by Gasteiger charge is 2.42. The molecule has 3 aliphatic rings. The number of piperidine rings is 1. The van der Waals surface area contributed by atoms with E-state index in [0.717, 1.165) is 79.7 Å². The van der Waals surface area contributed by atoms with Crippen LogP contribution < -0.4 is 9.64 Å². The Balaban J connectivity index is 0.00000274. The molecule has 2 saturated heterocycles. The lowest BCUT2D eigenvalue weighted by Gasteiger charge is -2.40. The number of halogens is 1. The predicted molar refractivity (Wildman–Crippen MR) is 131 cm³/mol. The summed E-state index contributed by atoms with van der Waals surface area (Å²) < 4.78 is 28.7. The molecule has 0 aliphatic carbocycles. The van der Waals surface area contributed by atoms with Gasteiger partial charge in [0.15, 0.2) is 0 Å². The largest absolute Gasteiger partial charge is 0.426 e. The quantitative estimate of drug-likeness (QED) is 0.460. The molecule has 1 aromatic carbocycles. The van der Waals surface area contributed by atoms with Crippen molar-refractivity contribution in [1.82, 2.24) is 15.1 Å². The monoisotopic (exact) mass is 528 g/mol. The standard InChI is InChI=1S/C22H28N4O5S2.ClH/c1-14-15(3-4-18-16(14)11-19(28)31-18)17(27)12-25-8-5-22(6-9-25)7-10-26(13-22)20-23-24-21(32-20)33(2,29)30;/h3-4,17,27H,5-13H2,1-2H3;1H/t17-;/m0./s1. The first-order chi connectivity index (χ1) is 15.6. The highest BCUT2D eigenvalue weighted by Crippen LogP contribution is 2.43. The zero-order valence-corrected chi connectivity index (χ0v) is 21.6. The fourth-order valence-electron chi connectivity index (χ4n) is 5.27. The number of aromatic nitrogens is 2. The van der Waals surface area contributed by atoms with Crippen LogP contribution in [0.25, 0.3) is 0 Å². The first-order valence-electron chi connectivity index (χ1n) is 11.2. The van der Waals surface area contributed by atoms with E-state index in [0.29, 0.717) is 17.4 Å². The number of hydrogen-bond acceptors (Lipinski definition) is 10. The minimum absolute atomic E-state index is 0. The molecular formula is C22H29ClN4O5S2. The number of nitrogens with zero attached hydrogens (tertiary/aromatic N) is 4. The second kappa shape index (κ2) is 9.34. The van der Waals surface area contributed by atoms with Crippen LogP contribution in [-0.2, 0) is 21.1 Å². The van der Waals surface area contributed by atoms with Gasteiger partial charge in [-0.05, 0) is 61.9 Å². The SMILES string of the molecule is Cc1c([C@@H](O)CN2CCC3(CC2)CCN(c2nnc(S(C)(=O)=O)s2)C3)ccc2c1CC(=O)O2.Cl. The second-order valence-electron chi connectivity index (χ2n) is 9.52. The molecule has 3 aliphatic heterocycles. The van der Waals surface area contributed by atoms with Crippen LogP contribution in [0.1, 0.15) is 42.1 Å². The third kappa shape index (κ3) is 4.81. The molecule has 2 fully saturated rings. The maximum absolute atomic E-state index is 11.7. The summed E-state index contributed by atoms with van der Waals surface area (Å²) in [5.74, 6) is 0.367. The summed E-state index contributed by atoms with van der Waals surface area (Å²) in [5, 5.41) is 19.6. The van der Waals surface area contributed by atoms with E-state index in [1.165, 1.54) is 0 Å². The lowest BCUT2D eigenvalue weighted by Crippen LogP contribution is -2.43. The number of hydrogen-bond donors (Lipinski definition) is 1. The number of aliphatic hydroxyl groups is 1. The molecule has 0 amide bonds. The minimum Gasteiger partial charge on any atom is -0.426 e. The van der Waals surface area contributed by atoms with Gasteiger partial charge in [-0.3, -0.25) is 4.79 Å². The third-order valence-corrected chi connectivity index (χ3v) is 9.92. The van der Waals surface area contributed by atoms with Crippen molar-refractivity contribution in [3.63, 3.8) is 0 Å². The number of carbonyl (C=O) groups excluding carboxylic acids is 1. The van der Waals surface area contributed by atoms with Gasteiger partial charge in [-0.15, -0.1) is 22.6 Å². The summed E-state index contributed by atoms with van der Waals surface area (Å²) in [6.45, 7) is 6.03. The number of sulfone groups is 1. The number of rotatable bonds is 5. The fraction of sp³-hybridized carbons (Fsp3) is 0.591.